The average molecular weight is 391 g/mol. The van der Waals surface area contributed by atoms with Gasteiger partial charge in [0.2, 0.25) is 0 Å². The molecule has 0 bridgehead atoms. The zero-order valence-electron chi connectivity index (χ0n) is 18.0. The van der Waals surface area contributed by atoms with Gasteiger partial charge in [0.15, 0.2) is 0 Å². The molecule has 0 saturated heterocycles. The van der Waals surface area contributed by atoms with Crippen LogP contribution in [-0.2, 0) is 9.47 Å². The van der Waals surface area contributed by atoms with E-state index in [9.17, 15) is 9.59 Å². The van der Waals surface area contributed by atoms with Crippen LogP contribution in [0.4, 0.5) is 0 Å². The van der Waals surface area contributed by atoms with Crippen LogP contribution in [0.2, 0.25) is 0 Å². The van der Waals surface area contributed by atoms with Crippen LogP contribution in [-0.4, -0.2) is 24.6 Å². The second-order valence-corrected chi connectivity index (χ2v) is 7.41. The van der Waals surface area contributed by atoms with E-state index in [0.717, 1.165) is 32.1 Å². The first kappa shape index (κ1) is 24.2. The summed E-state index contributed by atoms with van der Waals surface area (Å²) in [7, 11) is 0. The van der Waals surface area contributed by atoms with Crippen molar-refractivity contribution >= 4 is 11.9 Å². The lowest BCUT2D eigenvalue weighted by atomic mass is 10.1. The van der Waals surface area contributed by atoms with Crippen LogP contribution in [0.5, 0.6) is 0 Å². The lowest BCUT2D eigenvalue weighted by Gasteiger charge is -2.15. The zero-order chi connectivity index (χ0) is 20.6. The summed E-state index contributed by atoms with van der Waals surface area (Å²) in [6.45, 7) is 6.76. The minimum absolute atomic E-state index is 0.0474. The van der Waals surface area contributed by atoms with Gasteiger partial charge in [0.25, 0.3) is 0 Å². The predicted molar refractivity (Wildman–Crippen MR) is 114 cm³/mol. The normalized spacial score (nSPS) is 11.8. The van der Waals surface area contributed by atoms with E-state index in [-0.39, 0.29) is 18.0 Å². The summed E-state index contributed by atoms with van der Waals surface area (Å²) in [6, 6.07) is 6.53. The number of unbranched alkanes of at least 4 members (excludes halogenated alkanes) is 7. The Morgan fingerprint density at radius 1 is 0.750 bits per heavy atom. The molecule has 4 heteroatoms. The molecule has 0 fully saturated rings. The second-order valence-electron chi connectivity index (χ2n) is 7.41. The second kappa shape index (κ2) is 15.1. The quantitative estimate of drug-likeness (QED) is 0.246. The fourth-order valence-corrected chi connectivity index (χ4v) is 3.11. The minimum atomic E-state index is -0.334. The van der Waals surface area contributed by atoms with Gasteiger partial charge in [0.1, 0.15) is 6.10 Å². The standard InChI is InChI=1S/C24H38O4/c1-4-7-8-9-10-11-12-13-19-27-23(25)20-15-17-21(18-16-20)24(26)28-22(6-3)14-5-2/h15-18,22H,4-14,19H2,1-3H3. The molecule has 28 heavy (non-hydrogen) atoms. The topological polar surface area (TPSA) is 52.6 Å². The molecule has 0 amide bonds. The molecular formula is C24H38O4. The van der Waals surface area contributed by atoms with Crippen molar-refractivity contribution in [1.29, 1.82) is 0 Å². The van der Waals surface area contributed by atoms with Crippen molar-refractivity contribution in [2.24, 2.45) is 0 Å². The van der Waals surface area contributed by atoms with Crippen LogP contribution >= 0.6 is 0 Å². The first-order valence-corrected chi connectivity index (χ1v) is 11.1. The van der Waals surface area contributed by atoms with Crippen molar-refractivity contribution in [3.8, 4) is 0 Å². The molecule has 0 saturated carbocycles. The molecule has 4 nitrogen and oxygen atoms in total. The van der Waals surface area contributed by atoms with Gasteiger partial charge in [-0.05, 0) is 43.5 Å². The largest absolute Gasteiger partial charge is 0.462 e. The highest BCUT2D eigenvalue weighted by Gasteiger charge is 2.15. The molecule has 1 unspecified atom stereocenters. The fourth-order valence-electron chi connectivity index (χ4n) is 3.11. The third-order valence-corrected chi connectivity index (χ3v) is 4.93. The van der Waals surface area contributed by atoms with Crippen molar-refractivity contribution < 1.29 is 19.1 Å². The Labute approximate surface area is 171 Å². The van der Waals surface area contributed by atoms with Crippen molar-refractivity contribution in [3.63, 3.8) is 0 Å². The highest BCUT2D eigenvalue weighted by Crippen LogP contribution is 2.13. The van der Waals surface area contributed by atoms with E-state index in [1.807, 2.05) is 6.92 Å². The molecule has 1 aromatic rings. The average Bonchev–Trinajstić information content (AvgIpc) is 2.72. The predicted octanol–water partition coefficient (Wildman–Crippen LogP) is 6.72. The van der Waals surface area contributed by atoms with E-state index in [1.54, 1.807) is 24.3 Å². The van der Waals surface area contributed by atoms with Crippen molar-refractivity contribution in [2.45, 2.75) is 97.5 Å². The lowest BCUT2D eigenvalue weighted by molar-refractivity contribution is 0.0270. The third kappa shape index (κ3) is 9.91. The fraction of sp³-hybridized carbons (Fsp3) is 0.667. The van der Waals surface area contributed by atoms with Crippen LogP contribution in [0.3, 0.4) is 0 Å². The maximum atomic E-state index is 12.2. The van der Waals surface area contributed by atoms with Gasteiger partial charge in [-0.1, -0.05) is 72.1 Å². The van der Waals surface area contributed by atoms with Crippen LogP contribution in [0, 0.1) is 0 Å². The summed E-state index contributed by atoms with van der Waals surface area (Å²) in [5.74, 6) is -0.667. The molecule has 1 rings (SSSR count). The smallest absolute Gasteiger partial charge is 0.338 e. The number of carbonyl (C=O) groups excluding carboxylic acids is 2. The Morgan fingerprint density at radius 2 is 1.29 bits per heavy atom. The Bertz CT molecular complexity index is 550. The van der Waals surface area contributed by atoms with Crippen LogP contribution < -0.4 is 0 Å². The maximum absolute atomic E-state index is 12.2. The van der Waals surface area contributed by atoms with Crippen molar-refractivity contribution in [1.82, 2.24) is 0 Å². The van der Waals surface area contributed by atoms with Gasteiger partial charge in [-0.3, -0.25) is 0 Å². The Morgan fingerprint density at radius 3 is 1.82 bits per heavy atom. The molecule has 158 valence electrons. The molecular weight excluding hydrogens is 352 g/mol. The Balaban J connectivity index is 2.28. The van der Waals surface area contributed by atoms with Gasteiger partial charge in [-0.2, -0.15) is 0 Å². The Hall–Kier alpha value is -1.84. The summed E-state index contributed by atoms with van der Waals surface area (Å²) in [4.78, 5) is 24.3. The number of hydrogen-bond acceptors (Lipinski definition) is 4. The molecule has 0 aliphatic rings. The first-order valence-electron chi connectivity index (χ1n) is 11.1. The molecule has 0 radical (unpaired) electrons. The molecule has 0 heterocycles. The monoisotopic (exact) mass is 390 g/mol. The summed E-state index contributed by atoms with van der Waals surface area (Å²) < 4.78 is 10.8. The van der Waals surface area contributed by atoms with Crippen LogP contribution in [0.1, 0.15) is 112 Å². The first-order chi connectivity index (χ1) is 13.6. The van der Waals surface area contributed by atoms with Crippen LogP contribution in [0.25, 0.3) is 0 Å². The van der Waals surface area contributed by atoms with Crippen LogP contribution in [0.15, 0.2) is 24.3 Å². The van der Waals surface area contributed by atoms with Gasteiger partial charge in [0.05, 0.1) is 17.7 Å². The highest BCUT2D eigenvalue weighted by molar-refractivity contribution is 5.93. The highest BCUT2D eigenvalue weighted by atomic mass is 16.5. The summed E-state index contributed by atoms with van der Waals surface area (Å²) in [5, 5.41) is 0. The SMILES string of the molecule is CCCCCCCCCCOC(=O)c1ccc(C(=O)OC(CC)CCC)cc1. The minimum Gasteiger partial charge on any atom is -0.462 e. The summed E-state index contributed by atoms with van der Waals surface area (Å²) in [6.07, 6.45) is 12.3. The van der Waals surface area contributed by atoms with Gasteiger partial charge in [-0.25, -0.2) is 9.59 Å². The van der Waals surface area contributed by atoms with E-state index in [0.29, 0.717) is 17.7 Å². The van der Waals surface area contributed by atoms with Crippen molar-refractivity contribution in [3.05, 3.63) is 35.4 Å². The van der Waals surface area contributed by atoms with E-state index in [4.69, 9.17) is 9.47 Å². The number of carbonyl (C=O) groups is 2. The van der Waals surface area contributed by atoms with E-state index < -0.39 is 0 Å². The summed E-state index contributed by atoms with van der Waals surface area (Å²) >= 11 is 0. The zero-order valence-corrected chi connectivity index (χ0v) is 18.0. The third-order valence-electron chi connectivity index (χ3n) is 4.93. The molecule has 0 spiro atoms. The number of hydrogen-bond donors (Lipinski definition) is 0. The van der Waals surface area contributed by atoms with E-state index in [2.05, 4.69) is 13.8 Å². The van der Waals surface area contributed by atoms with Gasteiger partial charge < -0.3 is 9.47 Å². The number of esters is 2. The molecule has 0 aromatic heterocycles. The van der Waals surface area contributed by atoms with E-state index in [1.165, 1.54) is 38.5 Å². The maximum Gasteiger partial charge on any atom is 0.338 e. The molecule has 0 aliphatic carbocycles. The number of ether oxygens (including phenoxy) is 2. The van der Waals surface area contributed by atoms with Gasteiger partial charge in [-0.15, -0.1) is 0 Å². The van der Waals surface area contributed by atoms with E-state index >= 15 is 0 Å². The summed E-state index contributed by atoms with van der Waals surface area (Å²) in [5.41, 5.74) is 0.936. The Kier molecular flexibility index (Phi) is 13.1. The van der Waals surface area contributed by atoms with Gasteiger partial charge >= 0.3 is 11.9 Å². The van der Waals surface area contributed by atoms with Gasteiger partial charge in [0, 0.05) is 0 Å². The molecule has 0 aliphatic heterocycles. The number of rotatable bonds is 15. The number of benzene rings is 1. The molecule has 1 aromatic carbocycles. The molecule has 0 N–H and O–H groups in total. The van der Waals surface area contributed by atoms with Crippen molar-refractivity contribution in [2.75, 3.05) is 6.61 Å². The molecule has 1 atom stereocenters. The lowest BCUT2D eigenvalue weighted by Crippen LogP contribution is -2.17.